The maximum atomic E-state index is 12.9. The van der Waals surface area contributed by atoms with E-state index in [0.29, 0.717) is 10.0 Å². The van der Waals surface area contributed by atoms with Crippen LogP contribution in [0, 0.1) is 0 Å². The van der Waals surface area contributed by atoms with Gasteiger partial charge >= 0.3 is 5.91 Å². The molecule has 1 rings (SSSR count). The van der Waals surface area contributed by atoms with Gasteiger partial charge in [0.2, 0.25) is 0 Å². The molecule has 0 heterocycles. The van der Waals surface area contributed by atoms with Gasteiger partial charge in [0.1, 0.15) is 11.3 Å². The van der Waals surface area contributed by atoms with E-state index in [4.69, 9.17) is 0 Å². The summed E-state index contributed by atoms with van der Waals surface area (Å²) in [7, 11) is 2.01. The lowest BCUT2D eigenvalue weighted by Gasteiger charge is -2.32. The van der Waals surface area contributed by atoms with Crippen molar-refractivity contribution in [2.75, 3.05) is 20.1 Å². The summed E-state index contributed by atoms with van der Waals surface area (Å²) in [5, 5.41) is 9.96. The minimum atomic E-state index is 0.0420. The molecular formula is C18H30NO2+. The largest absolute Gasteiger partial charge is 0.507 e. The molecular weight excluding hydrogens is 262 g/mol. The van der Waals surface area contributed by atoms with E-state index in [1.807, 2.05) is 13.1 Å². The van der Waals surface area contributed by atoms with Gasteiger partial charge in [-0.15, -0.1) is 0 Å². The summed E-state index contributed by atoms with van der Waals surface area (Å²) in [6.07, 6.45) is 6.71. The van der Waals surface area contributed by atoms with E-state index in [0.717, 1.165) is 51.6 Å². The van der Waals surface area contributed by atoms with Crippen LogP contribution in [0.5, 0.6) is 5.75 Å². The molecule has 3 nitrogen and oxygen atoms in total. The van der Waals surface area contributed by atoms with Crippen molar-refractivity contribution in [3.63, 3.8) is 0 Å². The van der Waals surface area contributed by atoms with Gasteiger partial charge in [-0.1, -0.05) is 38.8 Å². The average Bonchev–Trinajstić information content (AvgIpc) is 2.47. The van der Waals surface area contributed by atoms with Crippen LogP contribution in [0.3, 0.4) is 0 Å². The molecule has 0 aromatic heterocycles. The smallest absolute Gasteiger partial charge is 0.349 e. The lowest BCUT2D eigenvalue weighted by atomic mass is 10.1. The standard InChI is InChI=1S/C18H29NO2/c1-4-6-10-14-19(3,15-11-7-5-2)18(21)16-12-8-9-13-17(16)20/h8-9,12-13H,4-7,10-11,14-15H2,1-3H3/p+1. The Morgan fingerprint density at radius 1 is 1.00 bits per heavy atom. The SMILES string of the molecule is CCCCC[N+](C)(CCCCC)C(=O)c1ccccc1O. The molecule has 0 aliphatic heterocycles. The number of carbonyl (C=O) groups excluding carboxylic acids is 1. The summed E-state index contributed by atoms with van der Waals surface area (Å²) in [4.78, 5) is 12.9. The Hall–Kier alpha value is -1.35. The van der Waals surface area contributed by atoms with E-state index in [9.17, 15) is 9.90 Å². The molecule has 0 aliphatic carbocycles. The molecule has 1 aromatic rings. The number of quaternary nitrogens is 1. The van der Waals surface area contributed by atoms with Crippen molar-refractivity contribution in [1.82, 2.24) is 0 Å². The second kappa shape index (κ2) is 8.83. The number of hydrogen-bond acceptors (Lipinski definition) is 2. The monoisotopic (exact) mass is 292 g/mol. The molecule has 0 unspecified atom stereocenters. The highest BCUT2D eigenvalue weighted by molar-refractivity contribution is 5.91. The van der Waals surface area contributed by atoms with Crippen molar-refractivity contribution in [3.8, 4) is 5.75 Å². The zero-order valence-electron chi connectivity index (χ0n) is 13.8. The second-order valence-corrected chi connectivity index (χ2v) is 6.08. The molecule has 0 atom stereocenters. The maximum Gasteiger partial charge on any atom is 0.349 e. The van der Waals surface area contributed by atoms with Crippen LogP contribution in [0.2, 0.25) is 0 Å². The van der Waals surface area contributed by atoms with Crippen LogP contribution >= 0.6 is 0 Å². The first-order valence-corrected chi connectivity index (χ1v) is 8.22. The summed E-state index contributed by atoms with van der Waals surface area (Å²) < 4.78 is 0.400. The Kier molecular flexibility index (Phi) is 7.44. The lowest BCUT2D eigenvalue weighted by molar-refractivity contribution is -0.829. The average molecular weight is 292 g/mol. The number of phenolic OH excluding ortho intramolecular Hbond substituents is 1. The minimum Gasteiger partial charge on any atom is -0.507 e. The minimum absolute atomic E-state index is 0.0420. The molecule has 0 spiro atoms. The number of rotatable bonds is 9. The topological polar surface area (TPSA) is 37.3 Å². The first-order valence-electron chi connectivity index (χ1n) is 8.22. The van der Waals surface area contributed by atoms with Crippen LogP contribution in [0.4, 0.5) is 0 Å². The number of benzene rings is 1. The Balaban J connectivity index is 2.88. The van der Waals surface area contributed by atoms with E-state index in [1.165, 1.54) is 0 Å². The van der Waals surface area contributed by atoms with Crippen molar-refractivity contribution in [1.29, 1.82) is 0 Å². The molecule has 1 N–H and O–H groups in total. The molecule has 0 bridgehead atoms. The molecule has 118 valence electrons. The Labute approximate surface area is 129 Å². The van der Waals surface area contributed by atoms with E-state index in [2.05, 4.69) is 13.8 Å². The summed E-state index contributed by atoms with van der Waals surface area (Å²) in [5.41, 5.74) is 0.452. The normalized spacial score (nSPS) is 11.6. The molecule has 0 fully saturated rings. The number of para-hydroxylation sites is 1. The zero-order chi connectivity index (χ0) is 15.7. The van der Waals surface area contributed by atoms with E-state index in [1.54, 1.807) is 18.2 Å². The summed E-state index contributed by atoms with van der Waals surface area (Å²) in [6, 6.07) is 6.89. The van der Waals surface area contributed by atoms with Crippen LogP contribution in [0.15, 0.2) is 24.3 Å². The zero-order valence-corrected chi connectivity index (χ0v) is 13.8. The Morgan fingerprint density at radius 3 is 2.00 bits per heavy atom. The number of phenols is 1. The fraction of sp³-hybridized carbons (Fsp3) is 0.611. The molecule has 1 amide bonds. The van der Waals surface area contributed by atoms with Gasteiger partial charge in [-0.3, -0.25) is 4.48 Å². The van der Waals surface area contributed by atoms with Crippen molar-refractivity contribution >= 4 is 5.91 Å². The first-order chi connectivity index (χ1) is 10.0. The summed E-state index contributed by atoms with van der Waals surface area (Å²) >= 11 is 0. The fourth-order valence-corrected chi connectivity index (χ4v) is 2.68. The fourth-order valence-electron chi connectivity index (χ4n) is 2.68. The van der Waals surface area contributed by atoms with Crippen LogP contribution in [-0.4, -0.2) is 35.6 Å². The molecule has 0 saturated carbocycles. The first kappa shape index (κ1) is 17.7. The number of unbranched alkanes of at least 4 members (excludes halogenated alkanes) is 4. The van der Waals surface area contributed by atoms with Gasteiger partial charge in [0.25, 0.3) is 0 Å². The van der Waals surface area contributed by atoms with Gasteiger partial charge in [-0.25, -0.2) is 4.79 Å². The Morgan fingerprint density at radius 2 is 1.52 bits per heavy atom. The molecule has 1 aromatic carbocycles. The quantitative estimate of drug-likeness (QED) is 0.542. The third-order valence-electron chi connectivity index (χ3n) is 4.14. The van der Waals surface area contributed by atoms with Crippen molar-refractivity contribution in [2.24, 2.45) is 0 Å². The van der Waals surface area contributed by atoms with Crippen LogP contribution < -0.4 is 0 Å². The Bertz CT molecular complexity index is 433. The van der Waals surface area contributed by atoms with Crippen LogP contribution in [-0.2, 0) is 0 Å². The second-order valence-electron chi connectivity index (χ2n) is 6.08. The molecule has 21 heavy (non-hydrogen) atoms. The predicted molar refractivity (Wildman–Crippen MR) is 87.4 cm³/mol. The predicted octanol–water partition coefficient (Wildman–Crippen LogP) is 4.36. The van der Waals surface area contributed by atoms with Gasteiger partial charge in [0.15, 0.2) is 0 Å². The van der Waals surface area contributed by atoms with E-state index < -0.39 is 0 Å². The van der Waals surface area contributed by atoms with Crippen LogP contribution in [0.1, 0.15) is 62.7 Å². The lowest BCUT2D eigenvalue weighted by Crippen LogP contribution is -2.50. The number of amides is 1. The highest BCUT2D eigenvalue weighted by Gasteiger charge is 2.33. The number of nitrogens with zero attached hydrogens (tertiary/aromatic N) is 1. The summed E-state index contributed by atoms with van der Waals surface area (Å²) in [6.45, 7) is 6.05. The van der Waals surface area contributed by atoms with E-state index in [-0.39, 0.29) is 11.7 Å². The number of aromatic hydroxyl groups is 1. The van der Waals surface area contributed by atoms with Gasteiger partial charge in [-0.2, -0.15) is 0 Å². The third kappa shape index (κ3) is 5.16. The molecule has 3 heteroatoms. The number of hydrogen-bond donors (Lipinski definition) is 1. The van der Waals surface area contributed by atoms with Crippen molar-refractivity contribution in [3.05, 3.63) is 29.8 Å². The third-order valence-corrected chi connectivity index (χ3v) is 4.14. The molecule has 0 aliphatic rings. The van der Waals surface area contributed by atoms with E-state index >= 15 is 0 Å². The summed E-state index contributed by atoms with van der Waals surface area (Å²) in [5.74, 6) is 0.137. The highest BCUT2D eigenvalue weighted by atomic mass is 16.3. The molecule has 0 radical (unpaired) electrons. The van der Waals surface area contributed by atoms with Crippen LogP contribution in [0.25, 0.3) is 0 Å². The highest BCUT2D eigenvalue weighted by Crippen LogP contribution is 2.22. The van der Waals surface area contributed by atoms with Gasteiger partial charge in [0, 0.05) is 0 Å². The van der Waals surface area contributed by atoms with Gasteiger partial charge in [0.05, 0.1) is 20.1 Å². The van der Waals surface area contributed by atoms with Crippen molar-refractivity contribution in [2.45, 2.75) is 52.4 Å². The molecule has 0 saturated heterocycles. The van der Waals surface area contributed by atoms with Gasteiger partial charge < -0.3 is 5.11 Å². The number of carbonyl (C=O) groups is 1. The van der Waals surface area contributed by atoms with Crippen molar-refractivity contribution < 1.29 is 14.4 Å². The van der Waals surface area contributed by atoms with Gasteiger partial charge in [-0.05, 0) is 37.8 Å². The maximum absolute atomic E-state index is 12.9.